The Morgan fingerprint density at radius 2 is 1.05 bits per heavy atom. The predicted octanol–water partition coefficient (Wildman–Crippen LogP) is 4.37. The van der Waals surface area contributed by atoms with Gasteiger partial charge in [0.25, 0.3) is 0 Å². The molecule has 1 aliphatic heterocycles. The van der Waals surface area contributed by atoms with E-state index in [1.165, 1.54) is 9.80 Å². The van der Waals surface area contributed by atoms with Crippen LogP contribution in [0.25, 0.3) is 21.6 Å². The first kappa shape index (κ1) is 54.6. The van der Waals surface area contributed by atoms with Crippen molar-refractivity contribution in [3.05, 3.63) is 21.6 Å². The van der Waals surface area contributed by atoms with E-state index in [1.54, 1.807) is 28.2 Å². The summed E-state index contributed by atoms with van der Waals surface area (Å²) in [6.45, 7) is 15.1. The Bertz CT molecular complexity index is 1340. The number of nitrogens with one attached hydrogen (secondary N) is 5. The van der Waals surface area contributed by atoms with Crippen molar-refractivity contribution in [1.29, 1.82) is 0 Å². The average molecular weight is 1130 g/mol. The van der Waals surface area contributed by atoms with Crippen molar-refractivity contribution in [3.63, 3.8) is 0 Å². The molecule has 0 aromatic carbocycles. The van der Waals surface area contributed by atoms with E-state index in [4.69, 9.17) is 64.4 Å². The van der Waals surface area contributed by atoms with Crippen LogP contribution < -0.4 is 32.3 Å². The van der Waals surface area contributed by atoms with Crippen LogP contribution in [0.2, 0.25) is 57.9 Å². The van der Waals surface area contributed by atoms with Crippen molar-refractivity contribution in [3.8, 4) is 0 Å². The van der Waals surface area contributed by atoms with E-state index in [1.807, 2.05) is 39.3 Å². The molecule has 2 rings (SSSR count). The Hall–Kier alpha value is -0.381. The number of hydrogen-bond acceptors (Lipinski definition) is 10. The molecule has 1 radical (unpaired) electrons. The molecule has 55 heavy (non-hydrogen) atoms. The molecule has 31 heteroatoms. The zero-order valence-electron chi connectivity index (χ0n) is 32.5. The summed E-state index contributed by atoms with van der Waals surface area (Å²) in [6, 6.07) is 1.31. The molecular weight excluding hydrogens is 1070 g/mol. The second kappa shape index (κ2) is 26.7. The van der Waals surface area contributed by atoms with E-state index in [2.05, 4.69) is 48.1 Å². The van der Waals surface area contributed by atoms with E-state index >= 15 is 0 Å². The Morgan fingerprint density at radius 1 is 0.691 bits per heavy atom. The van der Waals surface area contributed by atoms with Gasteiger partial charge in [-0.05, 0) is 105 Å². The van der Waals surface area contributed by atoms with Crippen LogP contribution in [0.4, 0.5) is 17.8 Å². The molecule has 0 amide bonds. The van der Waals surface area contributed by atoms with Gasteiger partial charge in [0.15, 0.2) is 11.9 Å². The van der Waals surface area contributed by atoms with Gasteiger partial charge in [0, 0.05) is 30.4 Å². The van der Waals surface area contributed by atoms with Crippen LogP contribution in [0.5, 0.6) is 0 Å². The number of nitrogens with zero attached hydrogens (tertiary/aromatic N) is 9. The molecule has 1 aromatic rings. The molecule has 0 aliphatic carbocycles. The van der Waals surface area contributed by atoms with E-state index in [9.17, 15) is 21.6 Å². The second-order valence-corrected chi connectivity index (χ2v) is 33.9. The van der Waals surface area contributed by atoms with Crippen molar-refractivity contribution in [2.75, 3.05) is 57.2 Å². The van der Waals surface area contributed by atoms with Crippen LogP contribution in [-0.4, -0.2) is 133 Å². The maximum atomic E-state index is 10.3. The molecule has 7 N–H and O–H groups in total. The first-order valence-corrected chi connectivity index (χ1v) is 36.7. The molecule has 2 atom stereocenters. The van der Waals surface area contributed by atoms with Crippen molar-refractivity contribution in [1.82, 2.24) is 35.4 Å². The number of guanidine groups is 4. The summed E-state index contributed by atoms with van der Waals surface area (Å²) in [5.74, 6) is -2.03. The van der Waals surface area contributed by atoms with E-state index < -0.39 is 55.4 Å². The fourth-order valence-electron chi connectivity index (χ4n) is 4.81. The number of anilines is 3. The zero-order valence-corrected chi connectivity index (χ0v) is 43.7. The van der Waals surface area contributed by atoms with E-state index in [0.717, 1.165) is 6.42 Å². The van der Waals surface area contributed by atoms with Gasteiger partial charge in [-0.25, -0.2) is 4.98 Å². The van der Waals surface area contributed by atoms with Crippen LogP contribution in [0.3, 0.4) is 0 Å². The molecular formula is C24H52Cl4N15O5Pd2Si5-4. The zero-order chi connectivity index (χ0) is 42.6. The molecule has 1 aromatic heterocycles. The Morgan fingerprint density at radius 3 is 1.42 bits per heavy atom. The Kier molecular flexibility index (Phi) is 26.5. The van der Waals surface area contributed by atoms with Crippen molar-refractivity contribution >= 4 is 123 Å². The molecule has 1 saturated heterocycles. The van der Waals surface area contributed by atoms with Gasteiger partial charge in [-0.15, -0.1) is 0 Å². The fraction of sp³-hybridized carbons (Fsp3) is 0.708. The van der Waals surface area contributed by atoms with E-state index in [-0.39, 0.29) is 61.6 Å². The minimum atomic E-state index is -2.89. The second-order valence-electron chi connectivity index (χ2n) is 13.0. The van der Waals surface area contributed by atoms with Gasteiger partial charge in [0.05, 0.1) is 0 Å². The van der Waals surface area contributed by atoms with Crippen molar-refractivity contribution in [2.24, 2.45) is 5.73 Å². The normalized spacial score (nSPS) is 20.7. The Balaban J connectivity index is 0.00000454. The third-order valence-corrected chi connectivity index (χ3v) is 26.1. The SMILES string of the molecule is CN(C)C(=[N-])NC(=[N-])Nc1nc(NCCC[Si]2(C)O[Si](C)(C)O[Si](C)O[Si](C)(C)O[Si](C)(CCCN)O2)nc(NC(=[N-])NC(=[N-])N(C)C)n1.[Cl][Pd][Cl].[Cl][Pd][Cl]. The quantitative estimate of drug-likeness (QED) is 0.0823. The summed E-state index contributed by atoms with van der Waals surface area (Å²) in [5, 5.41) is 53.4. The van der Waals surface area contributed by atoms with Gasteiger partial charge in [-0.1, -0.05) is 0 Å². The van der Waals surface area contributed by atoms with Crippen LogP contribution in [0.1, 0.15) is 12.8 Å². The van der Waals surface area contributed by atoms with Gasteiger partial charge < -0.3 is 84.3 Å². The van der Waals surface area contributed by atoms with Gasteiger partial charge >= 0.3 is 114 Å². The van der Waals surface area contributed by atoms with Crippen molar-refractivity contribution < 1.29 is 52.5 Å². The van der Waals surface area contributed by atoms with Gasteiger partial charge in [0.1, 0.15) is 0 Å². The van der Waals surface area contributed by atoms with Gasteiger partial charge in [0.2, 0.25) is 5.95 Å². The summed E-state index contributed by atoms with van der Waals surface area (Å²) in [7, 11) is 13.0. The summed E-state index contributed by atoms with van der Waals surface area (Å²) in [5.41, 5.74) is 5.89. The fourth-order valence-corrected chi connectivity index (χ4v) is 28.3. The molecule has 0 spiro atoms. The molecule has 325 valence electrons. The topological polar surface area (TPSA) is 267 Å². The summed E-state index contributed by atoms with van der Waals surface area (Å²) < 4.78 is 33.2. The number of rotatable bonds is 10. The number of nitrogens with two attached hydrogens (primary N) is 1. The van der Waals surface area contributed by atoms with Gasteiger partial charge in [-0.3, -0.25) is 0 Å². The monoisotopic (exact) mass is 1120 g/mol. The molecule has 2 heterocycles. The van der Waals surface area contributed by atoms with Crippen LogP contribution >= 0.6 is 38.1 Å². The summed E-state index contributed by atoms with van der Waals surface area (Å²) in [4.78, 5) is 15.4. The molecule has 2 unspecified atom stereocenters. The molecule has 1 aliphatic rings. The molecule has 0 bridgehead atoms. The van der Waals surface area contributed by atoms with Crippen LogP contribution in [0.15, 0.2) is 0 Å². The minimum absolute atomic E-state index is 0.0912. The Labute approximate surface area is 363 Å². The number of aromatic nitrogens is 3. The predicted molar refractivity (Wildman–Crippen MR) is 229 cm³/mol. The summed E-state index contributed by atoms with van der Waals surface area (Å²) >= 11 is -0.211. The maximum absolute atomic E-state index is 10.3. The molecule has 20 nitrogen and oxygen atoms in total. The van der Waals surface area contributed by atoms with Crippen LogP contribution in [0, 0.1) is 0 Å². The molecule has 1 fully saturated rings. The summed E-state index contributed by atoms with van der Waals surface area (Å²) in [6.07, 6.45) is 1.36. The van der Waals surface area contributed by atoms with Gasteiger partial charge in [-0.2, -0.15) is 9.97 Å². The standard InChI is InChI=1S/C24H52N15O5Si5.4ClH.2Pd/c1-38(2)20(28)31-18(26)33-23-35-22(36-24(37-23)34-19(27)32-21(29)39(3)4)30-15-13-17-49(11)43-47(8,9)41-45(5)40-46(6,7)42-48(10,44-49)16-12-14-25;;;;;;/h12-17,25H2,1-11H3,(H5-4,26,27,28,29,30,31,32,33,34,35,36,37);4*1H;;/q-4;;;;;2*+2/p-4. The third-order valence-electron chi connectivity index (χ3n) is 6.46. The van der Waals surface area contributed by atoms with Crippen LogP contribution in [-0.2, 0) is 52.5 Å². The van der Waals surface area contributed by atoms with Crippen molar-refractivity contribution in [2.45, 2.75) is 70.8 Å². The number of hydrogen-bond donors (Lipinski definition) is 6. The molecule has 0 saturated carbocycles. The van der Waals surface area contributed by atoms with E-state index in [0.29, 0.717) is 31.6 Å². The first-order valence-electron chi connectivity index (χ1n) is 16.2. The number of halogens is 4. The average Bonchev–Trinajstić information content (AvgIpc) is 3.00. The first-order chi connectivity index (χ1) is 25.4. The third kappa shape index (κ3) is 24.3.